The molecule has 2 aromatic carbocycles. The lowest BCUT2D eigenvalue weighted by Crippen LogP contribution is -2.19. The minimum atomic E-state index is -0.266. The summed E-state index contributed by atoms with van der Waals surface area (Å²) in [5.74, 6) is 0.296. The molecule has 0 saturated carbocycles. The van der Waals surface area contributed by atoms with E-state index in [0.717, 1.165) is 27.9 Å². The second-order valence-corrected chi connectivity index (χ2v) is 7.33. The van der Waals surface area contributed by atoms with Crippen molar-refractivity contribution >= 4 is 12.0 Å². The molecule has 0 radical (unpaired) electrons. The lowest BCUT2D eigenvalue weighted by atomic mass is 10.1. The van der Waals surface area contributed by atoms with E-state index in [9.17, 15) is 4.79 Å². The summed E-state index contributed by atoms with van der Waals surface area (Å²) in [7, 11) is 0. The van der Waals surface area contributed by atoms with E-state index in [4.69, 9.17) is 10.8 Å². The highest BCUT2D eigenvalue weighted by molar-refractivity contribution is 5.88. The Kier molecular flexibility index (Phi) is 5.30. The number of rotatable bonds is 5. The number of benzene rings is 2. The van der Waals surface area contributed by atoms with Gasteiger partial charge in [0, 0.05) is 23.4 Å². The van der Waals surface area contributed by atoms with Crippen LogP contribution < -0.4 is 11.3 Å². The standard InChI is InChI=1S/C24H23N5O/c1-17-8-10-20(11-9-17)24-21(14-26-29-22(25)12-18(2)13-23(29)30)16-28(27-24)15-19-6-4-3-5-7-19/h3-14,16H,15,25H2,1-2H3/b26-14-. The van der Waals surface area contributed by atoms with Crippen LogP contribution in [0.25, 0.3) is 11.3 Å². The first-order valence-electron chi connectivity index (χ1n) is 9.71. The number of pyridine rings is 1. The number of nitrogen functional groups attached to an aromatic ring is 1. The average molecular weight is 397 g/mol. The molecule has 0 amide bonds. The van der Waals surface area contributed by atoms with Gasteiger partial charge in [0.2, 0.25) is 0 Å². The molecule has 6 nitrogen and oxygen atoms in total. The highest BCUT2D eigenvalue weighted by atomic mass is 16.1. The molecule has 30 heavy (non-hydrogen) atoms. The lowest BCUT2D eigenvalue weighted by molar-refractivity contribution is 0.689. The fraction of sp³-hybridized carbons (Fsp3) is 0.125. The van der Waals surface area contributed by atoms with E-state index in [0.29, 0.717) is 12.4 Å². The Labute approximate surface area is 174 Å². The maximum absolute atomic E-state index is 12.3. The van der Waals surface area contributed by atoms with Gasteiger partial charge in [0.1, 0.15) is 11.5 Å². The van der Waals surface area contributed by atoms with Crippen molar-refractivity contribution in [2.45, 2.75) is 20.4 Å². The van der Waals surface area contributed by atoms with Crippen LogP contribution in [0.1, 0.15) is 22.3 Å². The van der Waals surface area contributed by atoms with Crippen LogP contribution in [0.15, 0.2) is 82.8 Å². The van der Waals surface area contributed by atoms with E-state index < -0.39 is 0 Å². The van der Waals surface area contributed by atoms with Crippen molar-refractivity contribution in [1.29, 1.82) is 0 Å². The monoisotopic (exact) mass is 397 g/mol. The Morgan fingerprint density at radius 1 is 1.00 bits per heavy atom. The zero-order valence-electron chi connectivity index (χ0n) is 17.0. The van der Waals surface area contributed by atoms with Crippen LogP contribution in [0.5, 0.6) is 0 Å². The molecule has 0 atom stereocenters. The van der Waals surface area contributed by atoms with Crippen LogP contribution in [0, 0.1) is 13.8 Å². The summed E-state index contributed by atoms with van der Waals surface area (Å²) in [5, 5.41) is 9.13. The highest BCUT2D eigenvalue weighted by Gasteiger charge is 2.11. The molecule has 2 heterocycles. The van der Waals surface area contributed by atoms with Crippen LogP contribution in [-0.2, 0) is 6.54 Å². The van der Waals surface area contributed by atoms with Crippen LogP contribution in [0.3, 0.4) is 0 Å². The van der Waals surface area contributed by atoms with E-state index in [1.165, 1.54) is 16.3 Å². The third-order valence-electron chi connectivity index (χ3n) is 4.79. The van der Waals surface area contributed by atoms with Crippen molar-refractivity contribution in [3.05, 3.63) is 106 Å². The number of aromatic nitrogens is 3. The number of aryl methyl sites for hydroxylation is 2. The SMILES string of the molecule is Cc1ccc(-c2nn(Cc3ccccc3)cc2/C=N\n2c(N)cc(C)cc2=O)cc1. The number of hydrogen-bond donors (Lipinski definition) is 1. The summed E-state index contributed by atoms with van der Waals surface area (Å²) >= 11 is 0. The average Bonchev–Trinajstić information content (AvgIpc) is 3.11. The number of hydrogen-bond acceptors (Lipinski definition) is 4. The minimum Gasteiger partial charge on any atom is -0.384 e. The molecule has 0 spiro atoms. The van der Waals surface area contributed by atoms with Crippen molar-refractivity contribution in [2.75, 3.05) is 5.73 Å². The molecule has 0 saturated heterocycles. The summed E-state index contributed by atoms with van der Waals surface area (Å²) in [6.45, 7) is 4.52. The van der Waals surface area contributed by atoms with Crippen molar-refractivity contribution < 1.29 is 0 Å². The molecule has 2 aromatic heterocycles. The molecular weight excluding hydrogens is 374 g/mol. The van der Waals surface area contributed by atoms with Crippen LogP contribution in [0.4, 0.5) is 5.82 Å². The second kappa shape index (κ2) is 8.21. The molecule has 0 fully saturated rings. The molecule has 4 aromatic rings. The number of nitrogens with zero attached hydrogens (tertiary/aromatic N) is 4. The molecule has 4 rings (SSSR count). The third-order valence-corrected chi connectivity index (χ3v) is 4.79. The van der Waals surface area contributed by atoms with Gasteiger partial charge >= 0.3 is 0 Å². The minimum absolute atomic E-state index is 0.266. The molecule has 150 valence electrons. The first-order valence-corrected chi connectivity index (χ1v) is 9.71. The zero-order valence-corrected chi connectivity index (χ0v) is 17.0. The van der Waals surface area contributed by atoms with Gasteiger partial charge in [-0.1, -0.05) is 60.2 Å². The van der Waals surface area contributed by atoms with Gasteiger partial charge in [-0.2, -0.15) is 14.9 Å². The second-order valence-electron chi connectivity index (χ2n) is 7.33. The van der Waals surface area contributed by atoms with Gasteiger partial charge in [0.05, 0.1) is 12.8 Å². The molecule has 0 aliphatic rings. The third kappa shape index (κ3) is 4.22. The quantitative estimate of drug-likeness (QED) is 0.520. The van der Waals surface area contributed by atoms with Crippen LogP contribution in [-0.4, -0.2) is 20.7 Å². The Balaban J connectivity index is 1.75. The van der Waals surface area contributed by atoms with E-state index in [1.54, 1.807) is 12.3 Å². The summed E-state index contributed by atoms with van der Waals surface area (Å²) < 4.78 is 3.08. The number of anilines is 1. The molecule has 0 aliphatic carbocycles. The van der Waals surface area contributed by atoms with Gasteiger partial charge in [0.15, 0.2) is 0 Å². The number of nitrogens with two attached hydrogens (primary N) is 1. The Morgan fingerprint density at radius 3 is 2.43 bits per heavy atom. The van der Waals surface area contributed by atoms with Crippen LogP contribution >= 0.6 is 0 Å². The van der Waals surface area contributed by atoms with Crippen molar-refractivity contribution in [3.63, 3.8) is 0 Å². The van der Waals surface area contributed by atoms with Crippen LogP contribution in [0.2, 0.25) is 0 Å². The van der Waals surface area contributed by atoms with Gasteiger partial charge in [-0.05, 0) is 31.0 Å². The zero-order chi connectivity index (χ0) is 21.1. The molecule has 0 aliphatic heterocycles. The normalized spacial score (nSPS) is 11.3. The Bertz CT molecular complexity index is 1250. The van der Waals surface area contributed by atoms with E-state index in [1.807, 2.05) is 55.1 Å². The molecular formula is C24H23N5O. The first-order chi connectivity index (χ1) is 14.5. The van der Waals surface area contributed by atoms with E-state index in [-0.39, 0.29) is 5.56 Å². The lowest BCUT2D eigenvalue weighted by Gasteiger charge is -2.04. The van der Waals surface area contributed by atoms with E-state index in [2.05, 4.69) is 29.4 Å². The summed E-state index contributed by atoms with van der Waals surface area (Å²) in [6.07, 6.45) is 3.57. The molecule has 0 unspecified atom stereocenters. The van der Waals surface area contributed by atoms with Crippen molar-refractivity contribution in [2.24, 2.45) is 5.10 Å². The van der Waals surface area contributed by atoms with Gasteiger partial charge in [0.25, 0.3) is 5.56 Å². The predicted molar refractivity (Wildman–Crippen MR) is 121 cm³/mol. The van der Waals surface area contributed by atoms with Gasteiger partial charge < -0.3 is 5.73 Å². The Morgan fingerprint density at radius 2 is 1.73 bits per heavy atom. The molecule has 0 bridgehead atoms. The fourth-order valence-electron chi connectivity index (χ4n) is 3.28. The van der Waals surface area contributed by atoms with Crippen molar-refractivity contribution in [1.82, 2.24) is 14.5 Å². The first kappa shape index (κ1) is 19.4. The van der Waals surface area contributed by atoms with Gasteiger partial charge in [-0.3, -0.25) is 9.48 Å². The smallest absolute Gasteiger partial charge is 0.273 e. The highest BCUT2D eigenvalue weighted by Crippen LogP contribution is 2.22. The van der Waals surface area contributed by atoms with Gasteiger partial charge in [-0.15, -0.1) is 0 Å². The van der Waals surface area contributed by atoms with Crippen molar-refractivity contribution in [3.8, 4) is 11.3 Å². The summed E-state index contributed by atoms with van der Waals surface area (Å²) in [5.41, 5.74) is 11.4. The maximum Gasteiger partial charge on any atom is 0.273 e. The Hall–Kier alpha value is -3.93. The molecule has 6 heteroatoms. The van der Waals surface area contributed by atoms with E-state index >= 15 is 0 Å². The molecule has 2 N–H and O–H groups in total. The maximum atomic E-state index is 12.3. The summed E-state index contributed by atoms with van der Waals surface area (Å²) in [6, 6.07) is 21.5. The predicted octanol–water partition coefficient (Wildman–Crippen LogP) is 3.84. The fourth-order valence-corrected chi connectivity index (χ4v) is 3.28. The topological polar surface area (TPSA) is 78.2 Å². The van der Waals surface area contributed by atoms with Gasteiger partial charge in [-0.25, -0.2) is 0 Å². The summed E-state index contributed by atoms with van der Waals surface area (Å²) in [4.78, 5) is 12.3. The largest absolute Gasteiger partial charge is 0.384 e.